The molecule has 1 unspecified atom stereocenters. The van der Waals surface area contributed by atoms with Crippen LogP contribution in [-0.2, 0) is 0 Å². The summed E-state index contributed by atoms with van der Waals surface area (Å²) >= 11 is 0. The van der Waals surface area contributed by atoms with Gasteiger partial charge in [0.25, 0.3) is 0 Å². The summed E-state index contributed by atoms with van der Waals surface area (Å²) in [5, 5.41) is 13.5. The molecule has 19 heavy (non-hydrogen) atoms. The Bertz CT molecular complexity index is 356. The summed E-state index contributed by atoms with van der Waals surface area (Å²) in [6.07, 6.45) is 6.07. The van der Waals surface area contributed by atoms with E-state index in [1.54, 1.807) is 6.21 Å². The summed E-state index contributed by atoms with van der Waals surface area (Å²) in [5.74, 6) is 1.97. The first-order valence-electron chi connectivity index (χ1n) is 6.66. The molecule has 6 heteroatoms. The van der Waals surface area contributed by atoms with Crippen LogP contribution in [0.15, 0.2) is 22.4 Å². The quantitative estimate of drug-likeness (QED) is 0.367. The lowest BCUT2D eigenvalue weighted by Gasteiger charge is -2.17. The number of hydrogen-bond acceptors (Lipinski definition) is 4. The first-order valence-corrected chi connectivity index (χ1v) is 6.66. The Labute approximate surface area is 114 Å². The van der Waals surface area contributed by atoms with Crippen LogP contribution in [0.25, 0.3) is 0 Å². The highest BCUT2D eigenvalue weighted by atomic mass is 15.1. The number of hydrogen-bond donors (Lipinski definition) is 4. The van der Waals surface area contributed by atoms with E-state index in [9.17, 15) is 0 Å². The van der Waals surface area contributed by atoms with Crippen molar-refractivity contribution in [1.82, 2.24) is 10.6 Å². The Morgan fingerprint density at radius 1 is 1.58 bits per heavy atom. The molecule has 0 aromatic rings. The van der Waals surface area contributed by atoms with Crippen LogP contribution in [0.5, 0.6) is 0 Å². The molecule has 106 valence electrons. The minimum absolute atomic E-state index is 0.0451. The van der Waals surface area contributed by atoms with Crippen molar-refractivity contribution >= 4 is 18.4 Å². The zero-order valence-electron chi connectivity index (χ0n) is 11.5. The largest absolute Gasteiger partial charge is 0.330 e. The first-order chi connectivity index (χ1) is 9.17. The summed E-state index contributed by atoms with van der Waals surface area (Å²) in [6, 6.07) is 0.0451. The van der Waals surface area contributed by atoms with Crippen LogP contribution in [0.2, 0.25) is 0 Å². The van der Waals surface area contributed by atoms with E-state index < -0.39 is 0 Å². The topological polar surface area (TPSA) is 98.7 Å². The van der Waals surface area contributed by atoms with E-state index in [2.05, 4.69) is 27.2 Å². The molecule has 1 saturated carbocycles. The molecule has 0 spiro atoms. The van der Waals surface area contributed by atoms with Crippen molar-refractivity contribution in [2.24, 2.45) is 21.6 Å². The third-order valence-corrected chi connectivity index (χ3v) is 2.84. The standard InChI is InChI=1S/C13H24N6/c1-10(17-8-12-4-5-12)13(18-9-15)19-11(2)16-7-3-6-14/h7,9-10,12,17H,2-6,8,14H2,1H3,(H2,15,18,19)/b16-7-. The number of nitrogens with zero attached hydrogens (tertiary/aromatic N) is 2. The highest BCUT2D eigenvalue weighted by Gasteiger charge is 2.22. The van der Waals surface area contributed by atoms with Crippen LogP contribution in [0.1, 0.15) is 26.2 Å². The Balaban J connectivity index is 2.43. The van der Waals surface area contributed by atoms with Crippen LogP contribution in [0.3, 0.4) is 0 Å². The summed E-state index contributed by atoms with van der Waals surface area (Å²) < 4.78 is 0. The van der Waals surface area contributed by atoms with E-state index in [4.69, 9.17) is 11.1 Å². The Morgan fingerprint density at radius 3 is 2.89 bits per heavy atom. The van der Waals surface area contributed by atoms with Gasteiger partial charge in [-0.15, -0.1) is 0 Å². The van der Waals surface area contributed by atoms with E-state index >= 15 is 0 Å². The van der Waals surface area contributed by atoms with E-state index in [1.165, 1.54) is 12.8 Å². The smallest absolute Gasteiger partial charge is 0.126 e. The molecule has 0 aliphatic heterocycles. The Morgan fingerprint density at radius 2 is 2.32 bits per heavy atom. The minimum Gasteiger partial charge on any atom is -0.330 e. The van der Waals surface area contributed by atoms with Crippen molar-refractivity contribution in [2.45, 2.75) is 32.2 Å². The average Bonchev–Trinajstić information content (AvgIpc) is 3.20. The second kappa shape index (κ2) is 8.55. The van der Waals surface area contributed by atoms with Gasteiger partial charge in [0.05, 0.1) is 6.04 Å². The summed E-state index contributed by atoms with van der Waals surface area (Å²) in [5.41, 5.74) is 5.38. The lowest BCUT2D eigenvalue weighted by Crippen LogP contribution is -2.42. The Hall–Kier alpha value is -1.53. The number of aliphatic imine (C=N–C) groups is 2. The van der Waals surface area contributed by atoms with Crippen molar-refractivity contribution < 1.29 is 0 Å². The molecule has 1 aliphatic carbocycles. The molecule has 0 radical (unpaired) electrons. The lowest BCUT2D eigenvalue weighted by atomic mass is 10.3. The van der Waals surface area contributed by atoms with Gasteiger partial charge in [0.15, 0.2) is 0 Å². The molecule has 0 amide bonds. The molecule has 5 N–H and O–H groups in total. The van der Waals surface area contributed by atoms with E-state index in [-0.39, 0.29) is 6.04 Å². The van der Waals surface area contributed by atoms with Gasteiger partial charge in [-0.2, -0.15) is 0 Å². The van der Waals surface area contributed by atoms with Crippen LogP contribution in [-0.4, -0.2) is 37.5 Å². The van der Waals surface area contributed by atoms with Crippen molar-refractivity contribution in [2.75, 3.05) is 13.1 Å². The number of nitrogens with one attached hydrogen (secondary N) is 3. The molecular weight excluding hydrogens is 240 g/mol. The lowest BCUT2D eigenvalue weighted by molar-refractivity contribution is 0.606. The van der Waals surface area contributed by atoms with Gasteiger partial charge in [0, 0.05) is 6.21 Å². The maximum absolute atomic E-state index is 7.10. The van der Waals surface area contributed by atoms with Gasteiger partial charge in [-0.1, -0.05) is 6.58 Å². The maximum Gasteiger partial charge on any atom is 0.126 e. The van der Waals surface area contributed by atoms with Gasteiger partial charge in [0.1, 0.15) is 18.0 Å². The average molecular weight is 264 g/mol. The maximum atomic E-state index is 7.10. The SMILES string of the molecule is C=C(/N=C\CCN)N/C(=N\C=N)C(C)NCC1CC1. The molecule has 0 bridgehead atoms. The van der Waals surface area contributed by atoms with Crippen molar-refractivity contribution in [3.63, 3.8) is 0 Å². The van der Waals surface area contributed by atoms with Gasteiger partial charge in [-0.25, -0.2) is 9.98 Å². The fourth-order valence-electron chi connectivity index (χ4n) is 1.51. The zero-order valence-corrected chi connectivity index (χ0v) is 11.5. The van der Waals surface area contributed by atoms with Crippen LogP contribution < -0.4 is 16.4 Å². The Kier molecular flexibility index (Phi) is 6.99. The monoisotopic (exact) mass is 264 g/mol. The fourth-order valence-corrected chi connectivity index (χ4v) is 1.51. The van der Waals surface area contributed by atoms with E-state index in [0.717, 1.165) is 18.8 Å². The molecule has 1 fully saturated rings. The normalized spacial score (nSPS) is 17.5. The highest BCUT2D eigenvalue weighted by molar-refractivity contribution is 5.93. The molecule has 1 rings (SSSR count). The van der Waals surface area contributed by atoms with Crippen molar-refractivity contribution in [3.05, 3.63) is 12.4 Å². The van der Waals surface area contributed by atoms with Gasteiger partial charge in [0.2, 0.25) is 0 Å². The minimum atomic E-state index is 0.0451. The van der Waals surface area contributed by atoms with Gasteiger partial charge in [-0.3, -0.25) is 5.41 Å². The van der Waals surface area contributed by atoms with Crippen LogP contribution >= 0.6 is 0 Å². The third-order valence-electron chi connectivity index (χ3n) is 2.84. The summed E-state index contributed by atoms with van der Waals surface area (Å²) in [6.45, 7) is 7.37. The second-order valence-corrected chi connectivity index (χ2v) is 4.68. The van der Waals surface area contributed by atoms with Gasteiger partial charge in [-0.05, 0) is 45.2 Å². The van der Waals surface area contributed by atoms with Gasteiger partial charge >= 0.3 is 0 Å². The second-order valence-electron chi connectivity index (χ2n) is 4.68. The zero-order chi connectivity index (χ0) is 14.1. The first kappa shape index (κ1) is 15.5. The van der Waals surface area contributed by atoms with E-state index in [1.807, 2.05) is 6.92 Å². The number of nitrogens with two attached hydrogens (primary N) is 1. The number of rotatable bonds is 9. The predicted molar refractivity (Wildman–Crippen MR) is 80.8 cm³/mol. The molecule has 0 aromatic heterocycles. The fraction of sp³-hybridized carbons (Fsp3) is 0.615. The molecule has 1 atom stereocenters. The predicted octanol–water partition coefficient (Wildman–Crippen LogP) is 0.860. The van der Waals surface area contributed by atoms with Crippen LogP contribution in [0.4, 0.5) is 0 Å². The summed E-state index contributed by atoms with van der Waals surface area (Å²) in [7, 11) is 0. The highest BCUT2D eigenvalue weighted by Crippen LogP contribution is 2.27. The molecule has 6 nitrogen and oxygen atoms in total. The summed E-state index contributed by atoms with van der Waals surface area (Å²) in [4.78, 5) is 8.15. The number of amidine groups is 1. The van der Waals surface area contributed by atoms with Crippen molar-refractivity contribution in [3.8, 4) is 0 Å². The molecule has 0 heterocycles. The van der Waals surface area contributed by atoms with E-state index in [0.29, 0.717) is 24.6 Å². The van der Waals surface area contributed by atoms with Crippen molar-refractivity contribution in [1.29, 1.82) is 5.41 Å². The third kappa shape index (κ3) is 6.83. The van der Waals surface area contributed by atoms with Crippen LogP contribution in [0, 0.1) is 11.3 Å². The molecule has 1 aliphatic rings. The molecular formula is C13H24N6. The molecule has 0 aromatic carbocycles. The van der Waals surface area contributed by atoms with Gasteiger partial charge < -0.3 is 16.4 Å². The molecule has 0 saturated heterocycles.